The van der Waals surface area contributed by atoms with Crippen molar-refractivity contribution in [2.24, 2.45) is 0 Å². The van der Waals surface area contributed by atoms with Crippen LogP contribution in [0.4, 0.5) is 10.2 Å². The highest BCUT2D eigenvalue weighted by Crippen LogP contribution is 2.19. The fourth-order valence-electron chi connectivity index (χ4n) is 1.59. The highest BCUT2D eigenvalue weighted by molar-refractivity contribution is 5.37. The predicted molar refractivity (Wildman–Crippen MR) is 65.2 cm³/mol. The molecule has 2 rings (SSSR count). The van der Waals surface area contributed by atoms with Gasteiger partial charge in [0.2, 0.25) is 0 Å². The first-order valence-electron chi connectivity index (χ1n) is 5.44. The fourth-order valence-corrected chi connectivity index (χ4v) is 1.59. The van der Waals surface area contributed by atoms with Crippen LogP contribution in [0.3, 0.4) is 0 Å². The quantitative estimate of drug-likeness (QED) is 0.898. The van der Waals surface area contributed by atoms with E-state index in [2.05, 4.69) is 15.3 Å². The summed E-state index contributed by atoms with van der Waals surface area (Å²) >= 11 is 0. The minimum Gasteiger partial charge on any atom is -0.362 e. The van der Waals surface area contributed by atoms with E-state index in [1.165, 1.54) is 18.5 Å². The highest BCUT2D eigenvalue weighted by Gasteiger charge is 2.10. The Morgan fingerprint density at radius 2 is 2.06 bits per heavy atom. The molecule has 1 aromatic carbocycles. The van der Waals surface area contributed by atoms with Gasteiger partial charge in [-0.2, -0.15) is 5.26 Å². The lowest BCUT2D eigenvalue weighted by atomic mass is 10.1. The smallest absolute Gasteiger partial charge is 0.158 e. The fraction of sp³-hybridized carbons (Fsp3) is 0.154. The molecule has 0 saturated heterocycles. The van der Waals surface area contributed by atoms with Crippen molar-refractivity contribution >= 4 is 5.82 Å². The number of rotatable bonds is 3. The van der Waals surface area contributed by atoms with Gasteiger partial charge < -0.3 is 5.32 Å². The summed E-state index contributed by atoms with van der Waals surface area (Å²) < 4.78 is 13.5. The van der Waals surface area contributed by atoms with Crippen LogP contribution in [-0.4, -0.2) is 9.97 Å². The molecule has 0 amide bonds. The molecule has 5 heteroatoms. The molecule has 0 aliphatic carbocycles. The van der Waals surface area contributed by atoms with Gasteiger partial charge in [0.1, 0.15) is 17.7 Å². The summed E-state index contributed by atoms with van der Waals surface area (Å²) in [6, 6.07) is 8.21. The molecule has 0 spiro atoms. The van der Waals surface area contributed by atoms with E-state index < -0.39 is 0 Å². The number of benzene rings is 1. The maximum atomic E-state index is 13.5. The lowest BCUT2D eigenvalue weighted by molar-refractivity contribution is 0.600. The number of hydrogen-bond donors (Lipinski definition) is 1. The van der Waals surface area contributed by atoms with E-state index >= 15 is 0 Å². The Balaban J connectivity index is 2.14. The second kappa shape index (κ2) is 5.23. The van der Waals surface area contributed by atoms with Crippen LogP contribution in [0.5, 0.6) is 0 Å². The first kappa shape index (κ1) is 12.0. The monoisotopic (exact) mass is 242 g/mol. The van der Waals surface area contributed by atoms with Gasteiger partial charge in [-0.1, -0.05) is 18.2 Å². The first-order chi connectivity index (χ1) is 8.70. The van der Waals surface area contributed by atoms with Gasteiger partial charge in [0.05, 0.1) is 18.4 Å². The molecule has 0 aliphatic rings. The van der Waals surface area contributed by atoms with Crippen LogP contribution in [0.25, 0.3) is 0 Å². The Hall–Kier alpha value is -2.48. The highest BCUT2D eigenvalue weighted by atomic mass is 19.1. The Labute approximate surface area is 104 Å². The van der Waals surface area contributed by atoms with Crippen LogP contribution >= 0.6 is 0 Å². The van der Waals surface area contributed by atoms with E-state index in [9.17, 15) is 4.39 Å². The lowest BCUT2D eigenvalue weighted by Gasteiger charge is -2.15. The molecule has 1 atom stereocenters. The summed E-state index contributed by atoms with van der Waals surface area (Å²) in [5.74, 6) is 0.240. The number of aromatic nitrogens is 2. The van der Waals surface area contributed by atoms with Crippen molar-refractivity contribution in [3.05, 3.63) is 53.7 Å². The van der Waals surface area contributed by atoms with Gasteiger partial charge in [0.25, 0.3) is 0 Å². The average molecular weight is 242 g/mol. The van der Waals surface area contributed by atoms with Crippen LogP contribution in [-0.2, 0) is 0 Å². The molecular formula is C13H11FN4. The molecule has 0 radical (unpaired) electrons. The van der Waals surface area contributed by atoms with Crippen molar-refractivity contribution in [3.8, 4) is 6.07 Å². The van der Waals surface area contributed by atoms with Gasteiger partial charge in [-0.3, -0.25) is 0 Å². The summed E-state index contributed by atoms with van der Waals surface area (Å²) in [6.45, 7) is 1.83. The van der Waals surface area contributed by atoms with Gasteiger partial charge >= 0.3 is 0 Å². The van der Waals surface area contributed by atoms with Crippen molar-refractivity contribution in [1.29, 1.82) is 5.26 Å². The van der Waals surface area contributed by atoms with Crippen LogP contribution in [0.1, 0.15) is 24.2 Å². The third-order valence-electron chi connectivity index (χ3n) is 2.50. The van der Waals surface area contributed by atoms with Crippen LogP contribution in [0, 0.1) is 17.1 Å². The summed E-state index contributed by atoms with van der Waals surface area (Å²) in [4.78, 5) is 7.91. The van der Waals surface area contributed by atoms with Crippen LogP contribution < -0.4 is 5.32 Å². The van der Waals surface area contributed by atoms with Crippen LogP contribution in [0.2, 0.25) is 0 Å². The van der Waals surface area contributed by atoms with E-state index in [1.807, 2.05) is 13.0 Å². The Morgan fingerprint density at radius 3 is 2.67 bits per heavy atom. The zero-order valence-electron chi connectivity index (χ0n) is 9.76. The lowest BCUT2D eigenvalue weighted by Crippen LogP contribution is -2.10. The van der Waals surface area contributed by atoms with Crippen molar-refractivity contribution in [3.63, 3.8) is 0 Å². The predicted octanol–water partition coefficient (Wildman–Crippen LogP) is 2.66. The summed E-state index contributed by atoms with van der Waals surface area (Å²) in [5.41, 5.74) is 0.808. The third-order valence-corrected chi connectivity index (χ3v) is 2.50. The maximum absolute atomic E-state index is 13.5. The molecule has 18 heavy (non-hydrogen) atoms. The molecule has 2 aromatic rings. The van der Waals surface area contributed by atoms with E-state index in [0.717, 1.165) is 0 Å². The Bertz CT molecular complexity index is 574. The summed E-state index contributed by atoms with van der Waals surface area (Å²) in [5, 5.41) is 11.6. The second-order valence-corrected chi connectivity index (χ2v) is 3.79. The Kier molecular flexibility index (Phi) is 3.49. The molecule has 0 fully saturated rings. The molecule has 1 aromatic heterocycles. The van der Waals surface area contributed by atoms with Crippen molar-refractivity contribution in [2.75, 3.05) is 5.32 Å². The number of nitriles is 1. The number of halogens is 1. The molecule has 1 N–H and O–H groups in total. The standard InChI is InChI=1S/C13H11FN4/c1-9(11-4-2-3-5-12(11)14)18-13-8-16-10(6-15)7-17-13/h2-5,7-9H,1H3,(H,17,18). The molecular weight excluding hydrogens is 231 g/mol. The number of anilines is 1. The van der Waals surface area contributed by atoms with Gasteiger partial charge in [0, 0.05) is 5.56 Å². The van der Waals surface area contributed by atoms with Crippen LogP contribution in [0.15, 0.2) is 36.7 Å². The number of nitrogens with one attached hydrogen (secondary N) is 1. The molecule has 90 valence electrons. The van der Waals surface area contributed by atoms with Gasteiger partial charge in [0.15, 0.2) is 5.69 Å². The molecule has 0 bridgehead atoms. The third kappa shape index (κ3) is 2.61. The topological polar surface area (TPSA) is 61.6 Å². The normalized spacial score (nSPS) is 11.6. The first-order valence-corrected chi connectivity index (χ1v) is 5.44. The largest absolute Gasteiger partial charge is 0.362 e. The molecule has 0 aliphatic heterocycles. The van der Waals surface area contributed by atoms with Crippen molar-refractivity contribution < 1.29 is 4.39 Å². The minimum atomic E-state index is -0.265. The van der Waals surface area contributed by atoms with E-state index in [0.29, 0.717) is 11.4 Å². The van der Waals surface area contributed by atoms with E-state index in [4.69, 9.17) is 5.26 Å². The second-order valence-electron chi connectivity index (χ2n) is 3.79. The van der Waals surface area contributed by atoms with E-state index in [1.54, 1.807) is 18.2 Å². The molecule has 4 nitrogen and oxygen atoms in total. The molecule has 1 heterocycles. The maximum Gasteiger partial charge on any atom is 0.158 e. The molecule has 0 saturated carbocycles. The average Bonchev–Trinajstić information content (AvgIpc) is 2.40. The SMILES string of the molecule is CC(Nc1cnc(C#N)cn1)c1ccccc1F. The summed E-state index contributed by atoms with van der Waals surface area (Å²) in [6.07, 6.45) is 2.83. The van der Waals surface area contributed by atoms with Gasteiger partial charge in [-0.05, 0) is 13.0 Å². The Morgan fingerprint density at radius 1 is 1.28 bits per heavy atom. The van der Waals surface area contributed by atoms with Gasteiger partial charge in [-0.25, -0.2) is 14.4 Å². The number of hydrogen-bond acceptors (Lipinski definition) is 4. The zero-order chi connectivity index (χ0) is 13.0. The van der Waals surface area contributed by atoms with Crippen molar-refractivity contribution in [1.82, 2.24) is 9.97 Å². The minimum absolute atomic E-state index is 0.228. The zero-order valence-corrected chi connectivity index (χ0v) is 9.76. The van der Waals surface area contributed by atoms with Gasteiger partial charge in [-0.15, -0.1) is 0 Å². The molecule has 1 unspecified atom stereocenters. The summed E-state index contributed by atoms with van der Waals surface area (Å²) in [7, 11) is 0. The van der Waals surface area contributed by atoms with E-state index in [-0.39, 0.29) is 17.6 Å². The number of nitrogens with zero attached hydrogens (tertiary/aromatic N) is 3. The van der Waals surface area contributed by atoms with Crippen molar-refractivity contribution in [2.45, 2.75) is 13.0 Å².